The van der Waals surface area contributed by atoms with E-state index < -0.39 is 0 Å². The van der Waals surface area contributed by atoms with Gasteiger partial charge in [-0.3, -0.25) is 0 Å². The van der Waals surface area contributed by atoms with Crippen molar-refractivity contribution in [2.45, 2.75) is 13.5 Å². The van der Waals surface area contributed by atoms with Gasteiger partial charge < -0.3 is 14.3 Å². The van der Waals surface area contributed by atoms with Crippen molar-refractivity contribution < 1.29 is 4.74 Å². The first-order chi connectivity index (χ1) is 9.70. The molecule has 1 heterocycles. The van der Waals surface area contributed by atoms with Crippen LogP contribution in [0.15, 0.2) is 42.5 Å². The van der Waals surface area contributed by atoms with E-state index in [1.165, 1.54) is 11.1 Å². The second-order valence-corrected chi connectivity index (χ2v) is 5.18. The monoisotopic (exact) mass is 284 g/mol. The number of aromatic nitrogens is 2. The molecule has 0 fully saturated rings. The molecule has 102 valence electrons. The minimum absolute atomic E-state index is 0.716. The number of aryl methyl sites for hydroxylation is 1. The number of benzene rings is 2. The summed E-state index contributed by atoms with van der Waals surface area (Å²) in [5, 5.41) is 0. The summed E-state index contributed by atoms with van der Waals surface area (Å²) in [5.41, 5.74) is 4.56. The molecule has 1 aromatic heterocycles. The summed E-state index contributed by atoms with van der Waals surface area (Å²) in [7, 11) is 1.67. The Morgan fingerprint density at radius 2 is 1.95 bits per heavy atom. The molecule has 3 nitrogen and oxygen atoms in total. The first-order valence-electron chi connectivity index (χ1n) is 6.50. The van der Waals surface area contributed by atoms with Gasteiger partial charge in [-0.25, -0.2) is 0 Å². The minimum atomic E-state index is 0.716. The summed E-state index contributed by atoms with van der Waals surface area (Å²) in [4.78, 5) is 3.24. The van der Waals surface area contributed by atoms with Crippen LogP contribution < -0.4 is 4.74 Å². The molecule has 0 aliphatic heterocycles. The molecule has 0 unspecified atom stereocenters. The van der Waals surface area contributed by atoms with Gasteiger partial charge in [0, 0.05) is 0 Å². The lowest BCUT2D eigenvalue weighted by Crippen LogP contribution is -2.01. The standard InChI is InChI=1S/C16H16N2OS/c1-11-6-3-4-7-12(11)10-18-13-8-5-9-14(19-2)15(13)17-16(18)20/h3-9H,10H2,1-2H3,(H,17,20). The van der Waals surface area contributed by atoms with Gasteiger partial charge in [0.1, 0.15) is 11.3 Å². The third-order valence-corrected chi connectivity index (χ3v) is 3.90. The van der Waals surface area contributed by atoms with E-state index in [9.17, 15) is 0 Å². The molecule has 0 saturated heterocycles. The molecule has 1 N–H and O–H groups in total. The summed E-state index contributed by atoms with van der Waals surface area (Å²) in [6.07, 6.45) is 0. The van der Waals surface area contributed by atoms with Crippen LogP contribution in [-0.2, 0) is 6.54 Å². The van der Waals surface area contributed by atoms with Crippen LogP contribution in [0.2, 0.25) is 0 Å². The second-order valence-electron chi connectivity index (χ2n) is 4.80. The van der Waals surface area contributed by atoms with Crippen LogP contribution >= 0.6 is 12.2 Å². The molecule has 0 spiro atoms. The van der Waals surface area contributed by atoms with Crippen LogP contribution in [0.3, 0.4) is 0 Å². The van der Waals surface area contributed by atoms with Gasteiger partial charge in [-0.15, -0.1) is 0 Å². The van der Waals surface area contributed by atoms with E-state index in [-0.39, 0.29) is 0 Å². The fourth-order valence-electron chi connectivity index (χ4n) is 2.44. The zero-order chi connectivity index (χ0) is 14.1. The van der Waals surface area contributed by atoms with Gasteiger partial charge in [0.2, 0.25) is 0 Å². The van der Waals surface area contributed by atoms with Crippen LogP contribution in [-0.4, -0.2) is 16.7 Å². The first-order valence-corrected chi connectivity index (χ1v) is 6.91. The van der Waals surface area contributed by atoms with E-state index in [1.807, 2.05) is 12.1 Å². The number of hydrogen-bond acceptors (Lipinski definition) is 2. The van der Waals surface area contributed by atoms with Gasteiger partial charge in [0.25, 0.3) is 0 Å². The minimum Gasteiger partial charge on any atom is -0.494 e. The van der Waals surface area contributed by atoms with Crippen LogP contribution in [0.25, 0.3) is 11.0 Å². The van der Waals surface area contributed by atoms with Crippen LogP contribution in [0.4, 0.5) is 0 Å². The van der Waals surface area contributed by atoms with Gasteiger partial charge in [0.05, 0.1) is 19.2 Å². The topological polar surface area (TPSA) is 29.9 Å². The van der Waals surface area contributed by atoms with Crippen molar-refractivity contribution in [2.24, 2.45) is 0 Å². The third-order valence-electron chi connectivity index (χ3n) is 3.58. The van der Waals surface area contributed by atoms with Crippen molar-refractivity contribution in [1.29, 1.82) is 0 Å². The fourth-order valence-corrected chi connectivity index (χ4v) is 2.70. The Kier molecular flexibility index (Phi) is 3.32. The number of hydrogen-bond donors (Lipinski definition) is 1. The van der Waals surface area contributed by atoms with Crippen molar-refractivity contribution in [3.63, 3.8) is 0 Å². The van der Waals surface area contributed by atoms with E-state index in [0.717, 1.165) is 23.3 Å². The number of methoxy groups -OCH3 is 1. The Bertz CT molecular complexity index is 817. The highest BCUT2D eigenvalue weighted by Gasteiger charge is 2.09. The molecular weight excluding hydrogens is 268 g/mol. The molecule has 3 aromatic rings. The number of imidazole rings is 1. The van der Waals surface area contributed by atoms with Gasteiger partial charge in [-0.2, -0.15) is 0 Å². The maximum absolute atomic E-state index is 5.45. The molecule has 3 rings (SSSR count). The number of aromatic amines is 1. The Morgan fingerprint density at radius 1 is 1.15 bits per heavy atom. The number of fused-ring (bicyclic) bond motifs is 1. The van der Waals surface area contributed by atoms with Crippen molar-refractivity contribution >= 4 is 23.3 Å². The van der Waals surface area contributed by atoms with Crippen molar-refractivity contribution in [3.8, 4) is 5.75 Å². The molecule has 2 aromatic carbocycles. The Balaban J connectivity index is 2.15. The average Bonchev–Trinajstić information content (AvgIpc) is 2.77. The Morgan fingerprint density at radius 3 is 2.70 bits per heavy atom. The smallest absolute Gasteiger partial charge is 0.178 e. The number of nitrogens with one attached hydrogen (secondary N) is 1. The number of para-hydroxylation sites is 1. The summed E-state index contributed by atoms with van der Waals surface area (Å²) in [5.74, 6) is 0.817. The van der Waals surface area contributed by atoms with E-state index >= 15 is 0 Å². The van der Waals surface area contributed by atoms with Crippen LogP contribution in [0, 0.1) is 11.7 Å². The van der Waals surface area contributed by atoms with Gasteiger partial charge in [-0.05, 0) is 42.4 Å². The molecule has 4 heteroatoms. The molecule has 0 amide bonds. The van der Waals surface area contributed by atoms with E-state index in [0.29, 0.717) is 4.77 Å². The molecule has 0 saturated carbocycles. The lowest BCUT2D eigenvalue weighted by molar-refractivity contribution is 0.419. The zero-order valence-electron chi connectivity index (χ0n) is 11.5. The summed E-state index contributed by atoms with van der Waals surface area (Å²) < 4.78 is 8.20. The molecule has 0 atom stereocenters. The van der Waals surface area contributed by atoms with Gasteiger partial charge >= 0.3 is 0 Å². The molecule has 0 radical (unpaired) electrons. The second kappa shape index (κ2) is 5.13. The van der Waals surface area contributed by atoms with E-state index in [2.05, 4.69) is 46.8 Å². The van der Waals surface area contributed by atoms with Crippen molar-refractivity contribution in [2.75, 3.05) is 7.11 Å². The fraction of sp³-hybridized carbons (Fsp3) is 0.188. The predicted octanol–water partition coefficient (Wildman–Crippen LogP) is 4.06. The molecule has 20 heavy (non-hydrogen) atoms. The van der Waals surface area contributed by atoms with Crippen molar-refractivity contribution in [3.05, 3.63) is 58.4 Å². The van der Waals surface area contributed by atoms with Gasteiger partial charge in [-0.1, -0.05) is 30.3 Å². The Hall–Kier alpha value is -2.07. The number of rotatable bonds is 3. The lowest BCUT2D eigenvalue weighted by Gasteiger charge is -2.08. The highest BCUT2D eigenvalue weighted by molar-refractivity contribution is 7.71. The maximum Gasteiger partial charge on any atom is 0.178 e. The van der Waals surface area contributed by atoms with E-state index in [1.54, 1.807) is 7.11 Å². The largest absolute Gasteiger partial charge is 0.494 e. The maximum atomic E-state index is 5.45. The predicted molar refractivity (Wildman–Crippen MR) is 84.0 cm³/mol. The summed E-state index contributed by atoms with van der Waals surface area (Å²) in [6, 6.07) is 14.3. The van der Waals surface area contributed by atoms with Crippen LogP contribution in [0.1, 0.15) is 11.1 Å². The summed E-state index contributed by atoms with van der Waals surface area (Å²) >= 11 is 5.45. The van der Waals surface area contributed by atoms with E-state index in [4.69, 9.17) is 17.0 Å². The molecular formula is C16H16N2OS. The van der Waals surface area contributed by atoms with Crippen molar-refractivity contribution in [1.82, 2.24) is 9.55 Å². The molecule has 0 aliphatic rings. The zero-order valence-corrected chi connectivity index (χ0v) is 12.3. The Labute approximate surface area is 122 Å². The molecule has 0 bridgehead atoms. The third kappa shape index (κ3) is 2.12. The summed E-state index contributed by atoms with van der Waals surface area (Å²) in [6.45, 7) is 2.88. The van der Waals surface area contributed by atoms with Gasteiger partial charge in [0.15, 0.2) is 4.77 Å². The quantitative estimate of drug-likeness (QED) is 0.735. The highest BCUT2D eigenvalue weighted by atomic mass is 32.1. The number of nitrogens with zero attached hydrogens (tertiary/aromatic N) is 1. The SMILES string of the molecule is COc1cccc2c1[nH]c(=S)n2Cc1ccccc1C. The van der Waals surface area contributed by atoms with Crippen LogP contribution in [0.5, 0.6) is 5.75 Å². The average molecular weight is 284 g/mol. The normalized spacial score (nSPS) is 10.9. The highest BCUT2D eigenvalue weighted by Crippen LogP contribution is 2.25. The first kappa shape index (κ1) is 12.9. The lowest BCUT2D eigenvalue weighted by atomic mass is 10.1. The molecule has 0 aliphatic carbocycles. The number of ether oxygens (including phenoxy) is 1. The number of H-pyrrole nitrogens is 1.